The molecule has 0 bridgehead atoms. The molecule has 0 spiro atoms. The zero-order valence-electron chi connectivity index (χ0n) is 39.9. The summed E-state index contributed by atoms with van der Waals surface area (Å²) in [5.41, 5.74) is 14.5. The molecule has 19 heteroatoms. The number of rotatable bonds is 7. The van der Waals surface area contributed by atoms with Gasteiger partial charge in [-0.15, -0.1) is 0 Å². The SMILES string of the molecule is Cc1cnccc1N.Cc1cnccc1Nc1nc(-c2cccc(Cl)c2)nc2ncccc12.Clc1cccc(-c2nc(Cl)c3cccnc3n2)c1.Clc1cccc(-c2nc(Nc3ccncc3)c3cccnc3n2)c1. The third-order valence-corrected chi connectivity index (χ3v) is 11.9. The Balaban J connectivity index is 0.000000129. The number of benzene rings is 3. The van der Waals surface area contributed by atoms with Crippen molar-refractivity contribution in [3.8, 4) is 34.2 Å². The molecule has 4 N–H and O–H groups in total. The molecule has 12 aromatic rings. The first kappa shape index (κ1) is 51.1. The maximum atomic E-state index is 6.13. The topological polar surface area (TPSA) is 205 Å². The van der Waals surface area contributed by atoms with Gasteiger partial charge in [0.1, 0.15) is 16.8 Å². The summed E-state index contributed by atoms with van der Waals surface area (Å²) in [5, 5.41) is 11.4. The van der Waals surface area contributed by atoms with Gasteiger partial charge in [-0.25, -0.2) is 44.9 Å². The van der Waals surface area contributed by atoms with Crippen LogP contribution in [0.4, 0.5) is 28.7 Å². The number of nitrogens with one attached hydrogen (secondary N) is 2. The molecule has 9 aromatic heterocycles. The van der Waals surface area contributed by atoms with Gasteiger partial charge in [0.2, 0.25) is 0 Å². The summed E-state index contributed by atoms with van der Waals surface area (Å²) in [6.45, 7) is 3.93. The molecule has 0 aliphatic carbocycles. The Labute approximate surface area is 450 Å². The van der Waals surface area contributed by atoms with Crippen molar-refractivity contribution in [3.63, 3.8) is 0 Å². The largest absolute Gasteiger partial charge is 0.398 e. The van der Waals surface area contributed by atoms with E-state index in [2.05, 4.69) is 65.5 Å². The van der Waals surface area contributed by atoms with E-state index in [1.54, 1.807) is 73.8 Å². The minimum absolute atomic E-state index is 0.392. The molecular weight excluding hydrogens is 1020 g/mol. The van der Waals surface area contributed by atoms with Crippen LogP contribution >= 0.6 is 46.4 Å². The lowest BCUT2D eigenvalue weighted by atomic mass is 10.2. The van der Waals surface area contributed by atoms with Gasteiger partial charge < -0.3 is 16.4 Å². The number of pyridine rings is 6. The van der Waals surface area contributed by atoms with Crippen molar-refractivity contribution >= 4 is 108 Å². The summed E-state index contributed by atoms with van der Waals surface area (Å²) in [6, 6.07) is 41.0. The molecule has 12 rings (SSSR count). The van der Waals surface area contributed by atoms with E-state index in [1.165, 1.54) is 0 Å². The summed E-state index contributed by atoms with van der Waals surface area (Å²) >= 11 is 24.3. The van der Waals surface area contributed by atoms with Crippen LogP contribution in [0.5, 0.6) is 0 Å². The summed E-state index contributed by atoms with van der Waals surface area (Å²) in [6.07, 6.45) is 15.5. The fourth-order valence-electron chi connectivity index (χ4n) is 7.11. The van der Waals surface area contributed by atoms with Gasteiger partial charge >= 0.3 is 0 Å². The third kappa shape index (κ3) is 13.2. The van der Waals surface area contributed by atoms with Gasteiger partial charge in [0.05, 0.1) is 16.2 Å². The molecular formula is C56H41Cl4N15. The predicted octanol–water partition coefficient (Wildman–Crippen LogP) is 14.2. The Hall–Kier alpha value is -8.86. The molecule has 15 nitrogen and oxygen atoms in total. The highest BCUT2D eigenvalue weighted by molar-refractivity contribution is 6.34. The standard InChI is InChI=1S/C19H14ClN5.C18H12ClN5.C13H7Cl2N3.C6H8N2/c1-12-11-21-9-7-16(12)23-19-15-6-3-8-22-18(15)24-17(25-19)13-4-2-5-14(20)10-13;19-13-4-1-3-12(11-13)16-23-17-15(5-2-8-21-17)18(24-16)22-14-6-9-20-10-7-14;14-9-4-1-3-8(7-9)12-17-11(15)10-5-2-6-16-13(10)18-12;1-5-4-8-3-2-6(5)7/h2-11H,1H3,(H,21,22,23,24,25);1-11H,(H,20,21,22,23,24);1-7H;2-4H,1H3,(H2,7,8). The first-order valence-electron chi connectivity index (χ1n) is 22.9. The average molecular weight is 1070 g/mol. The Kier molecular flexibility index (Phi) is 16.5. The smallest absolute Gasteiger partial charge is 0.165 e. The van der Waals surface area contributed by atoms with Gasteiger partial charge in [-0.2, -0.15) is 0 Å². The third-order valence-electron chi connectivity index (χ3n) is 10.9. The Bertz CT molecular complexity index is 3910. The monoisotopic (exact) mass is 1060 g/mol. The number of nitrogens with two attached hydrogens (primary N) is 1. The Morgan fingerprint density at radius 2 is 0.840 bits per heavy atom. The fourth-order valence-corrected chi connectivity index (χ4v) is 7.91. The molecule has 75 heavy (non-hydrogen) atoms. The lowest BCUT2D eigenvalue weighted by Crippen LogP contribution is -2.01. The number of nitrogen functional groups attached to an aromatic ring is 1. The summed E-state index contributed by atoms with van der Waals surface area (Å²) in [7, 11) is 0. The van der Waals surface area contributed by atoms with Gasteiger partial charge in [-0.1, -0.05) is 82.8 Å². The van der Waals surface area contributed by atoms with E-state index in [0.29, 0.717) is 66.3 Å². The Morgan fingerprint density at radius 3 is 1.31 bits per heavy atom. The maximum Gasteiger partial charge on any atom is 0.165 e. The van der Waals surface area contributed by atoms with Gasteiger partial charge in [-0.05, 0) is 122 Å². The zero-order chi connectivity index (χ0) is 52.1. The van der Waals surface area contributed by atoms with Crippen molar-refractivity contribution in [3.05, 3.63) is 221 Å². The molecule has 0 saturated heterocycles. The van der Waals surface area contributed by atoms with Gasteiger partial charge in [-0.3, -0.25) is 15.0 Å². The molecule has 0 amide bonds. The van der Waals surface area contributed by atoms with Crippen LogP contribution in [0.15, 0.2) is 189 Å². The van der Waals surface area contributed by atoms with Crippen LogP contribution in [0.1, 0.15) is 11.1 Å². The van der Waals surface area contributed by atoms with Crippen molar-refractivity contribution < 1.29 is 0 Å². The molecule has 0 saturated carbocycles. The number of halogens is 4. The second-order valence-corrected chi connectivity index (χ2v) is 17.9. The number of hydrogen-bond acceptors (Lipinski definition) is 15. The van der Waals surface area contributed by atoms with E-state index in [0.717, 1.165) is 61.0 Å². The van der Waals surface area contributed by atoms with Gasteiger partial charge in [0.25, 0.3) is 0 Å². The van der Waals surface area contributed by atoms with E-state index >= 15 is 0 Å². The second kappa shape index (κ2) is 24.2. The van der Waals surface area contributed by atoms with Gasteiger partial charge in [0.15, 0.2) is 34.4 Å². The molecule has 9 heterocycles. The summed E-state index contributed by atoms with van der Waals surface area (Å²) < 4.78 is 0. The number of fused-ring (bicyclic) bond motifs is 3. The van der Waals surface area contributed by atoms with Crippen LogP contribution in [0, 0.1) is 13.8 Å². The second-order valence-electron chi connectivity index (χ2n) is 16.2. The lowest BCUT2D eigenvalue weighted by molar-refractivity contribution is 1.18. The van der Waals surface area contributed by atoms with Crippen LogP contribution in [-0.4, -0.2) is 59.8 Å². The van der Waals surface area contributed by atoms with Crippen LogP contribution in [0.2, 0.25) is 20.2 Å². The minimum atomic E-state index is 0.392. The molecule has 0 atom stereocenters. The van der Waals surface area contributed by atoms with Gasteiger partial charge in [0, 0.05) is 105 Å². The van der Waals surface area contributed by atoms with E-state index in [-0.39, 0.29) is 0 Å². The Morgan fingerprint density at radius 1 is 0.400 bits per heavy atom. The first-order chi connectivity index (χ1) is 36.5. The van der Waals surface area contributed by atoms with Crippen molar-refractivity contribution in [1.29, 1.82) is 0 Å². The average Bonchev–Trinajstić information content (AvgIpc) is 3.43. The number of aromatic nitrogens is 12. The maximum absolute atomic E-state index is 6.13. The molecule has 3 aromatic carbocycles. The predicted molar refractivity (Wildman–Crippen MR) is 302 cm³/mol. The van der Waals surface area contributed by atoms with Crippen molar-refractivity contribution in [2.45, 2.75) is 13.8 Å². The minimum Gasteiger partial charge on any atom is -0.398 e. The van der Waals surface area contributed by atoms with Crippen molar-refractivity contribution in [1.82, 2.24) is 59.8 Å². The number of nitrogens with zero attached hydrogens (tertiary/aromatic N) is 12. The summed E-state index contributed by atoms with van der Waals surface area (Å²) in [4.78, 5) is 52.1. The van der Waals surface area contributed by atoms with E-state index < -0.39 is 0 Å². The first-order valence-corrected chi connectivity index (χ1v) is 24.4. The van der Waals surface area contributed by atoms with Crippen LogP contribution in [0.3, 0.4) is 0 Å². The normalized spacial score (nSPS) is 10.6. The number of anilines is 5. The van der Waals surface area contributed by atoms with E-state index in [9.17, 15) is 0 Å². The van der Waals surface area contributed by atoms with E-state index in [1.807, 2.05) is 129 Å². The van der Waals surface area contributed by atoms with Crippen LogP contribution in [0.25, 0.3) is 67.3 Å². The van der Waals surface area contributed by atoms with E-state index in [4.69, 9.17) is 57.1 Å². The quantitative estimate of drug-likeness (QED) is 0.127. The molecule has 0 aliphatic rings. The lowest BCUT2D eigenvalue weighted by Gasteiger charge is -2.12. The summed E-state index contributed by atoms with van der Waals surface area (Å²) in [5.74, 6) is 3.05. The highest BCUT2D eigenvalue weighted by Gasteiger charge is 2.14. The van der Waals surface area contributed by atoms with Crippen LogP contribution < -0.4 is 16.4 Å². The van der Waals surface area contributed by atoms with Crippen molar-refractivity contribution in [2.75, 3.05) is 16.4 Å². The molecule has 368 valence electrons. The van der Waals surface area contributed by atoms with Crippen molar-refractivity contribution in [2.24, 2.45) is 0 Å². The van der Waals surface area contributed by atoms with Crippen LogP contribution in [-0.2, 0) is 0 Å². The number of hydrogen-bond donors (Lipinski definition) is 3. The highest BCUT2D eigenvalue weighted by Crippen LogP contribution is 2.30. The molecule has 0 fully saturated rings. The molecule has 0 radical (unpaired) electrons. The fraction of sp³-hybridized carbons (Fsp3) is 0.0357. The molecule has 0 unspecified atom stereocenters. The number of aryl methyl sites for hydroxylation is 2. The molecule has 0 aliphatic heterocycles. The zero-order valence-corrected chi connectivity index (χ0v) is 42.9. The highest BCUT2D eigenvalue weighted by atomic mass is 35.5.